The normalized spacial score (nSPS) is 35.5. The molecule has 20 heavy (non-hydrogen) atoms. The molecular formula is C8H14KNO9S. The van der Waals surface area contributed by atoms with Gasteiger partial charge in [0.15, 0.2) is 6.29 Å². The van der Waals surface area contributed by atoms with Crippen LogP contribution in [-0.4, -0.2) is 71.4 Å². The van der Waals surface area contributed by atoms with Crippen molar-refractivity contribution >= 4 is 16.3 Å². The minimum atomic E-state index is -4.75. The molecule has 0 bridgehead atoms. The third kappa shape index (κ3) is 6.29. The maximum absolute atomic E-state index is 10.8. The molecule has 10 nitrogen and oxygen atoms in total. The summed E-state index contributed by atoms with van der Waals surface area (Å²) in [7, 11) is -4.75. The van der Waals surface area contributed by atoms with Crippen molar-refractivity contribution in [2.75, 3.05) is 6.61 Å². The van der Waals surface area contributed by atoms with Crippen molar-refractivity contribution in [3.63, 3.8) is 0 Å². The fourth-order valence-electron chi connectivity index (χ4n) is 1.57. The first-order valence-electron chi connectivity index (χ1n) is 5.14. The Kier molecular flexibility index (Phi) is 8.79. The number of aliphatic hydroxyl groups is 3. The van der Waals surface area contributed by atoms with E-state index in [1.165, 1.54) is 0 Å². The predicted octanol–water partition coefficient (Wildman–Crippen LogP) is -6.60. The Hall–Kier alpha value is 0.816. The molecule has 0 saturated carbocycles. The molecule has 1 unspecified atom stereocenters. The largest absolute Gasteiger partial charge is 1.00 e. The number of aliphatic hydroxyl groups excluding tert-OH is 3. The standard InChI is InChI=1S/C8H15NO9S.K/c1-3(10)9-5-7(12)6(11)4(18-8(5)13)2-17-19(14,15)16;/h4-8,11-13H,2H2,1H3,(H,9,10)(H,14,15,16);/q;+1/p-1/t4-,5-,6-,7-,8?;/m1./s1. The molecule has 0 amide bonds. The van der Waals surface area contributed by atoms with Crippen LogP contribution in [0.25, 0.3) is 0 Å². The van der Waals surface area contributed by atoms with Gasteiger partial charge in [0.2, 0.25) is 0 Å². The van der Waals surface area contributed by atoms with E-state index < -0.39 is 53.5 Å². The summed E-state index contributed by atoms with van der Waals surface area (Å²) in [5, 5.41) is 39.6. The summed E-state index contributed by atoms with van der Waals surface area (Å²) >= 11 is 0. The van der Waals surface area contributed by atoms with E-state index in [0.717, 1.165) is 6.92 Å². The van der Waals surface area contributed by atoms with Crippen LogP contribution >= 0.6 is 0 Å². The van der Waals surface area contributed by atoms with Gasteiger partial charge in [-0.05, 0) is 12.8 Å². The molecule has 1 saturated heterocycles. The van der Waals surface area contributed by atoms with Crippen LogP contribution in [0.1, 0.15) is 6.92 Å². The van der Waals surface area contributed by atoms with Gasteiger partial charge in [-0.25, -0.2) is 4.18 Å². The first-order chi connectivity index (χ1) is 8.61. The van der Waals surface area contributed by atoms with E-state index in [9.17, 15) is 28.8 Å². The molecule has 1 heterocycles. The van der Waals surface area contributed by atoms with Gasteiger partial charge in [-0.1, -0.05) is 0 Å². The van der Waals surface area contributed by atoms with E-state index in [1.807, 2.05) is 0 Å². The average molecular weight is 339 g/mol. The number of aliphatic imine (C=N–C) groups is 1. The van der Waals surface area contributed by atoms with Gasteiger partial charge >= 0.3 is 61.8 Å². The molecule has 0 aliphatic carbocycles. The zero-order valence-electron chi connectivity index (χ0n) is 10.8. The third-order valence-corrected chi connectivity index (χ3v) is 2.83. The van der Waals surface area contributed by atoms with Crippen molar-refractivity contribution < 1.29 is 93.7 Å². The van der Waals surface area contributed by atoms with Gasteiger partial charge in [-0.2, -0.15) is 8.42 Å². The molecule has 1 fully saturated rings. The topological polar surface area (TPSA) is 169 Å². The predicted molar refractivity (Wildman–Crippen MR) is 57.3 cm³/mol. The fraction of sp³-hybridized carbons (Fsp3) is 0.875. The van der Waals surface area contributed by atoms with E-state index >= 15 is 0 Å². The molecule has 0 radical (unpaired) electrons. The van der Waals surface area contributed by atoms with Crippen molar-refractivity contribution in [3.8, 4) is 0 Å². The zero-order valence-corrected chi connectivity index (χ0v) is 14.7. The van der Waals surface area contributed by atoms with Crippen molar-refractivity contribution in [1.82, 2.24) is 0 Å². The summed E-state index contributed by atoms with van der Waals surface area (Å²) in [6, 6.07) is -1.39. The van der Waals surface area contributed by atoms with Crippen LogP contribution in [-0.2, 0) is 19.3 Å². The van der Waals surface area contributed by atoms with Gasteiger partial charge in [0.1, 0.15) is 24.4 Å². The maximum Gasteiger partial charge on any atom is 1.00 e. The van der Waals surface area contributed by atoms with Crippen molar-refractivity contribution in [1.29, 1.82) is 0 Å². The molecule has 12 heteroatoms. The van der Waals surface area contributed by atoms with Crippen molar-refractivity contribution in [2.24, 2.45) is 4.99 Å². The molecule has 0 aromatic carbocycles. The zero-order chi connectivity index (χ0) is 14.8. The number of nitrogens with zero attached hydrogens (tertiary/aromatic N) is 1. The average Bonchev–Trinajstić information content (AvgIpc) is 2.26. The van der Waals surface area contributed by atoms with Gasteiger partial charge in [0.25, 0.3) is 0 Å². The SMILES string of the molecule is CC([O-])=N[C@H]1C(O)O[C@H](COS(=O)(=O)O)[C@@H](O)[C@@H]1O.[K+]. The molecular weight excluding hydrogens is 325 g/mol. The van der Waals surface area contributed by atoms with Crippen LogP contribution in [0, 0.1) is 0 Å². The van der Waals surface area contributed by atoms with Crippen LogP contribution in [0.5, 0.6) is 0 Å². The summed E-state index contributed by atoms with van der Waals surface area (Å²) in [4.78, 5) is 3.36. The number of ether oxygens (including phenoxy) is 1. The molecule has 5 atom stereocenters. The van der Waals surface area contributed by atoms with E-state index in [4.69, 9.17) is 9.29 Å². The summed E-state index contributed by atoms with van der Waals surface area (Å²) in [5.41, 5.74) is 0. The van der Waals surface area contributed by atoms with Gasteiger partial charge in [-0.3, -0.25) is 9.55 Å². The Bertz CT molecular complexity index is 437. The van der Waals surface area contributed by atoms with Crippen molar-refractivity contribution in [3.05, 3.63) is 0 Å². The molecule has 0 aromatic rings. The molecule has 0 aromatic heterocycles. The summed E-state index contributed by atoms with van der Waals surface area (Å²) in [6.07, 6.45) is -6.44. The van der Waals surface area contributed by atoms with E-state index in [-0.39, 0.29) is 51.4 Å². The summed E-state index contributed by atoms with van der Waals surface area (Å²) in [6.45, 7) is 0.264. The van der Waals surface area contributed by atoms with E-state index in [0.29, 0.717) is 0 Å². The summed E-state index contributed by atoms with van der Waals surface area (Å²) in [5.74, 6) is -0.688. The third-order valence-electron chi connectivity index (χ3n) is 2.40. The first-order valence-corrected chi connectivity index (χ1v) is 6.51. The minimum absolute atomic E-state index is 0. The Labute approximate surface area is 157 Å². The van der Waals surface area contributed by atoms with E-state index in [2.05, 4.69) is 9.18 Å². The first kappa shape index (κ1) is 20.8. The fourth-order valence-corrected chi connectivity index (χ4v) is 1.88. The Morgan fingerprint density at radius 2 is 1.90 bits per heavy atom. The Morgan fingerprint density at radius 3 is 2.35 bits per heavy atom. The van der Waals surface area contributed by atoms with Gasteiger partial charge in [0.05, 0.1) is 6.61 Å². The van der Waals surface area contributed by atoms with Gasteiger partial charge in [0, 0.05) is 0 Å². The Balaban J connectivity index is 0.00000361. The number of rotatable bonds is 4. The number of hydrogen-bond acceptors (Lipinski definition) is 9. The summed E-state index contributed by atoms with van der Waals surface area (Å²) < 4.78 is 37.8. The maximum atomic E-state index is 10.8. The molecule has 0 spiro atoms. The van der Waals surface area contributed by atoms with E-state index in [1.54, 1.807) is 0 Å². The van der Waals surface area contributed by atoms with Crippen LogP contribution in [0.3, 0.4) is 0 Å². The second-order valence-electron chi connectivity index (χ2n) is 3.90. The van der Waals surface area contributed by atoms with Crippen LogP contribution in [0.15, 0.2) is 4.99 Å². The molecule has 1 aliphatic heterocycles. The van der Waals surface area contributed by atoms with Crippen molar-refractivity contribution in [2.45, 2.75) is 37.6 Å². The van der Waals surface area contributed by atoms with Gasteiger partial charge in [-0.15, -0.1) is 0 Å². The van der Waals surface area contributed by atoms with Gasteiger partial charge < -0.3 is 25.2 Å². The second-order valence-corrected chi connectivity index (χ2v) is 4.99. The molecule has 4 N–H and O–H groups in total. The smallest absolute Gasteiger partial charge is 0.862 e. The quantitative estimate of drug-likeness (QED) is 0.168. The Morgan fingerprint density at radius 1 is 1.35 bits per heavy atom. The van der Waals surface area contributed by atoms with Crippen LogP contribution in [0.4, 0.5) is 0 Å². The number of hydrogen-bond donors (Lipinski definition) is 4. The second kappa shape index (κ2) is 8.45. The van der Waals surface area contributed by atoms with Crippen LogP contribution < -0.4 is 56.5 Å². The minimum Gasteiger partial charge on any atom is -0.862 e. The molecule has 1 rings (SSSR count). The monoisotopic (exact) mass is 339 g/mol. The molecule has 1 aliphatic rings. The van der Waals surface area contributed by atoms with Crippen LogP contribution in [0.2, 0.25) is 0 Å². The molecule has 112 valence electrons.